The minimum Gasteiger partial charge on any atom is -0.506 e. The quantitative estimate of drug-likeness (QED) is 0.476. The van der Waals surface area contributed by atoms with Gasteiger partial charge in [0.15, 0.2) is 5.78 Å². The van der Waals surface area contributed by atoms with E-state index < -0.39 is 17.3 Å². The van der Waals surface area contributed by atoms with Crippen LogP contribution in [0.15, 0.2) is 45.6 Å². The molecule has 4 rings (SSSR count). The first-order valence-corrected chi connectivity index (χ1v) is 10.5. The molecule has 2 atom stereocenters. The summed E-state index contributed by atoms with van der Waals surface area (Å²) in [4.78, 5) is 25.8. The molecule has 0 aliphatic carbocycles. The van der Waals surface area contributed by atoms with Gasteiger partial charge in [0.25, 0.3) is 0 Å². The summed E-state index contributed by atoms with van der Waals surface area (Å²) in [5, 5.41) is 22.3. The lowest BCUT2D eigenvalue weighted by Gasteiger charge is -2.38. The van der Waals surface area contributed by atoms with Crippen LogP contribution in [0.5, 0.6) is 11.5 Å². The number of benzene rings is 2. The maximum atomic E-state index is 13.3. The zero-order chi connectivity index (χ0) is 22.5. The fraction of sp³-hybridized carbons (Fsp3) is 0.360. The van der Waals surface area contributed by atoms with Crippen molar-refractivity contribution in [1.82, 2.24) is 0 Å². The molecule has 0 saturated heterocycles. The molecule has 2 unspecified atom stereocenters. The third-order valence-corrected chi connectivity index (χ3v) is 6.17. The summed E-state index contributed by atoms with van der Waals surface area (Å²) in [6, 6.07) is 10.4. The average Bonchev–Trinajstić information content (AvgIpc) is 2.74. The van der Waals surface area contributed by atoms with E-state index in [-0.39, 0.29) is 46.2 Å². The van der Waals surface area contributed by atoms with Crippen molar-refractivity contribution in [3.8, 4) is 22.6 Å². The topological polar surface area (TPSA) is 97.0 Å². The van der Waals surface area contributed by atoms with Gasteiger partial charge in [-0.05, 0) is 25.8 Å². The summed E-state index contributed by atoms with van der Waals surface area (Å²) in [7, 11) is 0. The molecule has 162 valence electrons. The Labute approximate surface area is 180 Å². The normalized spacial score (nSPS) is 18.3. The number of fused-ring (bicyclic) bond motifs is 3. The number of Topliss-reactive ketones (excluding diaryl/α,β-unsaturated/α-hetero) is 1. The molecule has 3 aromatic rings. The molecular weight excluding hydrogens is 396 g/mol. The molecular formula is C25H26O6. The van der Waals surface area contributed by atoms with Gasteiger partial charge in [-0.3, -0.25) is 4.79 Å². The number of phenols is 1. The number of carbonyl (C=O) groups is 1. The third kappa shape index (κ3) is 3.41. The number of phenolic OH excluding ortho intramolecular Hbond substituents is 1. The second kappa shape index (κ2) is 7.54. The first-order chi connectivity index (χ1) is 14.7. The molecule has 0 spiro atoms. The van der Waals surface area contributed by atoms with E-state index in [2.05, 4.69) is 0 Å². The van der Waals surface area contributed by atoms with Crippen LogP contribution in [-0.2, 0) is 6.42 Å². The molecule has 6 nitrogen and oxygen atoms in total. The van der Waals surface area contributed by atoms with Gasteiger partial charge in [-0.25, -0.2) is 4.79 Å². The SMILES string of the molecule is CCC(C)C(=O)c1c2c(c3oc(=O)cc(-c4ccccc4)c3c1O)CC(O)C(C)(C)O2. The molecule has 1 aliphatic heterocycles. The summed E-state index contributed by atoms with van der Waals surface area (Å²) < 4.78 is 11.6. The lowest BCUT2D eigenvalue weighted by atomic mass is 9.84. The van der Waals surface area contributed by atoms with Crippen molar-refractivity contribution >= 4 is 16.8 Å². The van der Waals surface area contributed by atoms with E-state index in [0.717, 1.165) is 0 Å². The van der Waals surface area contributed by atoms with Crippen molar-refractivity contribution in [2.45, 2.75) is 52.2 Å². The maximum Gasteiger partial charge on any atom is 0.336 e. The smallest absolute Gasteiger partial charge is 0.336 e. The number of aliphatic hydroxyl groups is 1. The zero-order valence-corrected chi connectivity index (χ0v) is 18.1. The van der Waals surface area contributed by atoms with Gasteiger partial charge in [-0.15, -0.1) is 0 Å². The van der Waals surface area contributed by atoms with E-state index in [1.54, 1.807) is 20.8 Å². The van der Waals surface area contributed by atoms with Gasteiger partial charge in [0, 0.05) is 29.5 Å². The van der Waals surface area contributed by atoms with Crippen molar-refractivity contribution < 1.29 is 24.2 Å². The minimum atomic E-state index is -0.977. The molecule has 31 heavy (non-hydrogen) atoms. The van der Waals surface area contributed by atoms with Crippen molar-refractivity contribution in [3.05, 3.63) is 57.9 Å². The predicted molar refractivity (Wildman–Crippen MR) is 118 cm³/mol. The van der Waals surface area contributed by atoms with E-state index >= 15 is 0 Å². The van der Waals surface area contributed by atoms with Crippen molar-refractivity contribution in [2.24, 2.45) is 5.92 Å². The van der Waals surface area contributed by atoms with Gasteiger partial charge in [-0.2, -0.15) is 0 Å². The number of ketones is 1. The molecule has 1 aromatic heterocycles. The Morgan fingerprint density at radius 3 is 2.58 bits per heavy atom. The molecule has 0 saturated carbocycles. The Bertz CT molecular complexity index is 1220. The number of hydrogen-bond acceptors (Lipinski definition) is 6. The Kier molecular flexibility index (Phi) is 5.13. The molecule has 6 heteroatoms. The van der Waals surface area contributed by atoms with Crippen LogP contribution in [0.2, 0.25) is 0 Å². The number of carbonyl (C=O) groups excluding carboxylic acids is 1. The number of ether oxygens (including phenoxy) is 1. The van der Waals surface area contributed by atoms with Crippen molar-refractivity contribution in [3.63, 3.8) is 0 Å². The second-order valence-corrected chi connectivity index (χ2v) is 8.68. The van der Waals surface area contributed by atoms with Crippen LogP contribution in [0.1, 0.15) is 50.0 Å². The van der Waals surface area contributed by atoms with Gasteiger partial charge < -0.3 is 19.4 Å². The van der Waals surface area contributed by atoms with E-state index in [0.29, 0.717) is 23.1 Å². The van der Waals surface area contributed by atoms with Crippen LogP contribution >= 0.6 is 0 Å². The Balaban J connectivity index is 2.16. The number of hydrogen-bond donors (Lipinski definition) is 2. The van der Waals surface area contributed by atoms with Gasteiger partial charge >= 0.3 is 5.63 Å². The van der Waals surface area contributed by atoms with Crippen molar-refractivity contribution in [2.75, 3.05) is 0 Å². The largest absolute Gasteiger partial charge is 0.506 e. The molecule has 0 bridgehead atoms. The molecule has 2 N–H and O–H groups in total. The highest BCUT2D eigenvalue weighted by atomic mass is 16.5. The number of aromatic hydroxyl groups is 1. The van der Waals surface area contributed by atoms with Crippen LogP contribution in [0.3, 0.4) is 0 Å². The molecule has 0 radical (unpaired) electrons. The second-order valence-electron chi connectivity index (χ2n) is 8.68. The fourth-order valence-electron chi connectivity index (χ4n) is 4.00. The molecule has 0 fully saturated rings. The lowest BCUT2D eigenvalue weighted by Crippen LogP contribution is -2.46. The fourth-order valence-corrected chi connectivity index (χ4v) is 4.00. The van der Waals surface area contributed by atoms with E-state index in [1.807, 2.05) is 37.3 Å². The van der Waals surface area contributed by atoms with Crippen LogP contribution in [-0.4, -0.2) is 27.7 Å². The first-order valence-electron chi connectivity index (χ1n) is 10.5. The van der Waals surface area contributed by atoms with Crippen molar-refractivity contribution in [1.29, 1.82) is 0 Å². The van der Waals surface area contributed by atoms with Gasteiger partial charge in [0.2, 0.25) is 0 Å². The monoisotopic (exact) mass is 422 g/mol. The summed E-state index contributed by atoms with van der Waals surface area (Å²) in [5.74, 6) is -0.690. The minimum absolute atomic E-state index is 0.0721. The van der Waals surface area contributed by atoms with Gasteiger partial charge in [0.05, 0.1) is 11.5 Å². The van der Waals surface area contributed by atoms with Crippen LogP contribution < -0.4 is 10.4 Å². The first kappa shape index (κ1) is 21.1. The summed E-state index contributed by atoms with van der Waals surface area (Å²) in [6.07, 6.45) is -0.168. The van der Waals surface area contributed by atoms with Gasteiger partial charge in [-0.1, -0.05) is 44.2 Å². The molecule has 0 amide bonds. The Hall–Kier alpha value is -3.12. The van der Waals surface area contributed by atoms with Crippen LogP contribution in [0.25, 0.3) is 22.1 Å². The number of rotatable bonds is 4. The highest BCUT2D eigenvalue weighted by molar-refractivity contribution is 6.11. The van der Waals surface area contributed by atoms with Crippen LogP contribution in [0.4, 0.5) is 0 Å². The molecule has 2 aromatic carbocycles. The zero-order valence-electron chi connectivity index (χ0n) is 18.1. The van der Waals surface area contributed by atoms with E-state index in [4.69, 9.17) is 9.15 Å². The predicted octanol–water partition coefficient (Wildman–Crippen LogP) is 4.47. The Morgan fingerprint density at radius 1 is 1.26 bits per heavy atom. The van der Waals surface area contributed by atoms with E-state index in [1.165, 1.54) is 6.07 Å². The highest BCUT2D eigenvalue weighted by Crippen LogP contribution is 2.48. The van der Waals surface area contributed by atoms with Gasteiger partial charge in [0.1, 0.15) is 28.2 Å². The lowest BCUT2D eigenvalue weighted by molar-refractivity contribution is -0.0414. The molecule has 1 aliphatic rings. The standard InChI is InChI=1S/C25H26O6/c1-5-13(2)21(28)20-22(29)19-15(14-9-7-6-8-10-14)12-18(27)30-23(19)16-11-17(26)25(3,4)31-24(16)20/h6-10,12-13,17,26,29H,5,11H2,1-4H3. The molecule has 2 heterocycles. The highest BCUT2D eigenvalue weighted by Gasteiger charge is 2.41. The maximum absolute atomic E-state index is 13.3. The third-order valence-electron chi connectivity index (χ3n) is 6.17. The van der Waals surface area contributed by atoms with E-state index in [9.17, 15) is 19.8 Å². The van der Waals surface area contributed by atoms with Crippen LogP contribution in [0, 0.1) is 5.92 Å². The number of aliphatic hydroxyl groups excluding tert-OH is 1. The summed E-state index contributed by atoms with van der Waals surface area (Å²) in [6.45, 7) is 7.13. The Morgan fingerprint density at radius 2 is 1.94 bits per heavy atom. The summed E-state index contributed by atoms with van der Waals surface area (Å²) >= 11 is 0. The summed E-state index contributed by atoms with van der Waals surface area (Å²) in [5.41, 5.74) is 0.223. The average molecular weight is 422 g/mol.